The first kappa shape index (κ1) is 19.8. The van der Waals surface area contributed by atoms with Gasteiger partial charge in [0.25, 0.3) is 0 Å². The molecule has 0 unspecified atom stereocenters. The number of benzene rings is 1. The molecule has 0 atom stereocenters. The summed E-state index contributed by atoms with van der Waals surface area (Å²) in [5, 5.41) is 0.435. The zero-order valence-corrected chi connectivity index (χ0v) is 16.4. The van der Waals surface area contributed by atoms with E-state index in [1.54, 1.807) is 6.07 Å². The first-order valence-electron chi connectivity index (χ1n) is 8.03. The van der Waals surface area contributed by atoms with E-state index in [4.69, 9.17) is 23.2 Å². The van der Waals surface area contributed by atoms with Gasteiger partial charge in [-0.1, -0.05) is 23.2 Å². The van der Waals surface area contributed by atoms with E-state index in [9.17, 15) is 18.0 Å². The van der Waals surface area contributed by atoms with Crippen LogP contribution in [0.25, 0.3) is 0 Å². The van der Waals surface area contributed by atoms with Crippen LogP contribution in [0.1, 0.15) is 0 Å². The summed E-state index contributed by atoms with van der Waals surface area (Å²) in [6, 6.07) is 5.71. The largest absolute Gasteiger partial charge is 0.347 e. The lowest BCUT2D eigenvalue weighted by molar-refractivity contribution is -0.133. The first-order chi connectivity index (χ1) is 12.8. The van der Waals surface area contributed by atoms with Crippen molar-refractivity contribution in [2.24, 2.45) is 0 Å². The SMILES string of the molecule is O=C(Cn1cccnc1=O)N1CCN(S(=O)(=O)c2ccc(Cl)c(Cl)c2)CC1. The summed E-state index contributed by atoms with van der Waals surface area (Å²) in [7, 11) is -3.73. The minimum absolute atomic E-state index is 0.0542. The Kier molecular flexibility index (Phi) is 5.85. The molecule has 2 aromatic rings. The predicted octanol–water partition coefficient (Wildman–Crippen LogP) is 1.08. The third kappa shape index (κ3) is 4.32. The molecule has 0 bridgehead atoms. The van der Waals surface area contributed by atoms with Gasteiger partial charge in [0.1, 0.15) is 6.54 Å². The van der Waals surface area contributed by atoms with Crippen molar-refractivity contribution in [3.63, 3.8) is 0 Å². The maximum Gasteiger partial charge on any atom is 0.347 e. The number of rotatable bonds is 4. The molecule has 2 heterocycles. The van der Waals surface area contributed by atoms with Gasteiger partial charge >= 0.3 is 5.69 Å². The van der Waals surface area contributed by atoms with Crippen molar-refractivity contribution < 1.29 is 13.2 Å². The second-order valence-corrected chi connectivity index (χ2v) is 8.64. The number of nitrogens with zero attached hydrogens (tertiary/aromatic N) is 4. The van der Waals surface area contributed by atoms with E-state index in [1.165, 1.54) is 44.4 Å². The van der Waals surface area contributed by atoms with Crippen LogP contribution >= 0.6 is 23.2 Å². The normalized spacial score (nSPS) is 15.7. The van der Waals surface area contributed by atoms with Gasteiger partial charge in [-0.25, -0.2) is 18.2 Å². The van der Waals surface area contributed by atoms with Crippen LogP contribution in [-0.2, 0) is 21.4 Å². The molecule has 1 aliphatic rings. The first-order valence-corrected chi connectivity index (χ1v) is 10.2. The van der Waals surface area contributed by atoms with Crippen LogP contribution in [0.15, 0.2) is 46.3 Å². The van der Waals surface area contributed by atoms with Gasteiger partial charge in [0, 0.05) is 38.6 Å². The molecule has 1 saturated heterocycles. The molecule has 0 spiro atoms. The molecular weight excluding hydrogens is 415 g/mol. The Hall–Kier alpha value is -1.94. The lowest BCUT2D eigenvalue weighted by atomic mass is 10.3. The molecule has 3 rings (SSSR count). The molecule has 11 heteroatoms. The highest BCUT2D eigenvalue weighted by Crippen LogP contribution is 2.27. The third-order valence-electron chi connectivity index (χ3n) is 4.21. The molecule has 27 heavy (non-hydrogen) atoms. The summed E-state index contributed by atoms with van der Waals surface area (Å²) in [5.41, 5.74) is -0.508. The molecule has 1 amide bonds. The minimum Gasteiger partial charge on any atom is -0.338 e. The quantitative estimate of drug-likeness (QED) is 0.723. The van der Waals surface area contributed by atoms with E-state index >= 15 is 0 Å². The maximum absolute atomic E-state index is 12.7. The van der Waals surface area contributed by atoms with Crippen molar-refractivity contribution in [1.82, 2.24) is 18.8 Å². The number of carbonyl (C=O) groups is 1. The standard InChI is InChI=1S/C16H16Cl2N4O4S/c17-13-3-2-12(10-14(13)18)27(25,26)22-8-6-20(7-9-22)15(23)11-21-5-1-4-19-16(21)24/h1-5,10H,6-9,11H2. The van der Waals surface area contributed by atoms with Gasteiger partial charge in [-0.2, -0.15) is 4.31 Å². The van der Waals surface area contributed by atoms with Crippen LogP contribution in [0.4, 0.5) is 0 Å². The number of sulfonamides is 1. The number of piperazine rings is 1. The lowest BCUT2D eigenvalue weighted by Gasteiger charge is -2.34. The second kappa shape index (κ2) is 7.97. The Morgan fingerprint density at radius 3 is 2.44 bits per heavy atom. The predicted molar refractivity (Wildman–Crippen MR) is 100 cm³/mol. The molecule has 1 aliphatic heterocycles. The number of hydrogen-bond donors (Lipinski definition) is 0. The van der Waals surface area contributed by atoms with Crippen molar-refractivity contribution in [2.75, 3.05) is 26.2 Å². The van der Waals surface area contributed by atoms with Crippen molar-refractivity contribution >= 4 is 39.1 Å². The van der Waals surface area contributed by atoms with Gasteiger partial charge in [-0.15, -0.1) is 0 Å². The van der Waals surface area contributed by atoms with E-state index in [2.05, 4.69) is 4.98 Å². The highest BCUT2D eigenvalue weighted by molar-refractivity contribution is 7.89. The zero-order chi connectivity index (χ0) is 19.6. The number of carbonyl (C=O) groups excluding carboxylic acids is 1. The molecule has 1 aromatic carbocycles. The second-order valence-electron chi connectivity index (χ2n) is 5.89. The fourth-order valence-corrected chi connectivity index (χ4v) is 4.53. The number of hydrogen-bond acceptors (Lipinski definition) is 5. The molecule has 0 saturated carbocycles. The van der Waals surface area contributed by atoms with E-state index in [0.29, 0.717) is 0 Å². The van der Waals surface area contributed by atoms with E-state index in [0.717, 1.165) is 0 Å². The Morgan fingerprint density at radius 1 is 1.11 bits per heavy atom. The van der Waals surface area contributed by atoms with Crippen molar-refractivity contribution in [3.05, 3.63) is 57.2 Å². The number of halogens is 2. The van der Waals surface area contributed by atoms with Crippen LogP contribution in [0.3, 0.4) is 0 Å². The minimum atomic E-state index is -3.73. The molecular formula is C16H16Cl2N4O4S. The van der Waals surface area contributed by atoms with Gasteiger partial charge in [0.2, 0.25) is 15.9 Å². The summed E-state index contributed by atoms with van der Waals surface area (Å²) in [6.07, 6.45) is 2.84. The lowest BCUT2D eigenvalue weighted by Crippen LogP contribution is -2.51. The highest BCUT2D eigenvalue weighted by Gasteiger charge is 2.30. The average Bonchev–Trinajstić information content (AvgIpc) is 2.65. The van der Waals surface area contributed by atoms with E-state index < -0.39 is 15.7 Å². The summed E-state index contributed by atoms with van der Waals surface area (Å²) in [4.78, 5) is 29.1. The third-order valence-corrected chi connectivity index (χ3v) is 6.84. The topological polar surface area (TPSA) is 92.6 Å². The van der Waals surface area contributed by atoms with Crippen molar-refractivity contribution in [2.45, 2.75) is 11.4 Å². The van der Waals surface area contributed by atoms with Crippen LogP contribution in [0.2, 0.25) is 10.0 Å². The smallest absolute Gasteiger partial charge is 0.338 e. The summed E-state index contributed by atoms with van der Waals surface area (Å²) in [5.74, 6) is -0.267. The Morgan fingerprint density at radius 2 is 1.81 bits per heavy atom. The summed E-state index contributed by atoms with van der Waals surface area (Å²) in [6.45, 7) is 0.627. The van der Waals surface area contributed by atoms with Gasteiger partial charge in [-0.3, -0.25) is 9.36 Å². The molecule has 144 valence electrons. The Balaban J connectivity index is 1.66. The fraction of sp³-hybridized carbons (Fsp3) is 0.312. The van der Waals surface area contributed by atoms with Gasteiger partial charge in [0.05, 0.1) is 14.9 Å². The number of amides is 1. The average molecular weight is 431 g/mol. The van der Waals surface area contributed by atoms with Crippen molar-refractivity contribution in [3.8, 4) is 0 Å². The molecule has 8 nitrogen and oxygen atoms in total. The molecule has 0 radical (unpaired) electrons. The van der Waals surface area contributed by atoms with Crippen LogP contribution in [-0.4, -0.2) is 59.3 Å². The van der Waals surface area contributed by atoms with Gasteiger partial charge < -0.3 is 4.90 Å². The maximum atomic E-state index is 12.7. The van der Waals surface area contributed by atoms with Gasteiger partial charge in [-0.05, 0) is 24.3 Å². The monoisotopic (exact) mass is 430 g/mol. The summed E-state index contributed by atoms with van der Waals surface area (Å²) >= 11 is 11.7. The summed E-state index contributed by atoms with van der Waals surface area (Å²) < 4.78 is 28.0. The Bertz CT molecular complexity index is 1020. The molecule has 0 aliphatic carbocycles. The fourth-order valence-electron chi connectivity index (χ4n) is 2.72. The van der Waals surface area contributed by atoms with Crippen LogP contribution < -0.4 is 5.69 Å². The van der Waals surface area contributed by atoms with Crippen molar-refractivity contribution in [1.29, 1.82) is 0 Å². The molecule has 0 N–H and O–H groups in total. The molecule has 1 aromatic heterocycles. The van der Waals surface area contributed by atoms with Crippen LogP contribution in [0, 0.1) is 0 Å². The number of aromatic nitrogens is 2. The van der Waals surface area contributed by atoms with Gasteiger partial charge in [0.15, 0.2) is 0 Å². The molecule has 1 fully saturated rings. The van der Waals surface area contributed by atoms with E-state index in [-0.39, 0.29) is 53.6 Å². The van der Waals surface area contributed by atoms with Crippen LogP contribution in [0.5, 0.6) is 0 Å². The van der Waals surface area contributed by atoms with E-state index in [1.807, 2.05) is 0 Å². The highest BCUT2D eigenvalue weighted by atomic mass is 35.5. The zero-order valence-electron chi connectivity index (χ0n) is 14.1. The Labute approximate surface area is 166 Å².